The third-order valence-electron chi connectivity index (χ3n) is 2.16. The molecule has 0 saturated carbocycles. The van der Waals surface area contributed by atoms with Crippen LogP contribution in [0, 0.1) is 5.92 Å². The van der Waals surface area contributed by atoms with Crippen LogP contribution in [-0.4, -0.2) is 24.8 Å². The average Bonchev–Trinajstić information content (AvgIpc) is 2.41. The van der Waals surface area contributed by atoms with E-state index in [2.05, 4.69) is 10.7 Å². The van der Waals surface area contributed by atoms with Crippen LogP contribution < -0.4 is 16.5 Å². The normalized spacial score (nSPS) is 34.9. The summed E-state index contributed by atoms with van der Waals surface area (Å²) in [4.78, 5) is 0. The molecule has 1 fully saturated rings. The number of hydrazine groups is 1. The van der Waals surface area contributed by atoms with Gasteiger partial charge in [0.1, 0.15) is 0 Å². The minimum Gasteiger partial charge on any atom is -0.389 e. The van der Waals surface area contributed by atoms with Gasteiger partial charge in [-0.15, -0.1) is 12.4 Å². The summed E-state index contributed by atoms with van der Waals surface area (Å²) < 4.78 is 0. The fourth-order valence-corrected chi connectivity index (χ4v) is 1.48. The monoisotopic (exact) mass is 176 g/mol. The van der Waals surface area contributed by atoms with Crippen molar-refractivity contribution in [2.75, 3.05) is 13.6 Å². The van der Waals surface area contributed by atoms with Gasteiger partial charge in [0.25, 0.3) is 0 Å². The number of halogens is 1. The van der Waals surface area contributed by atoms with E-state index in [1.165, 1.54) is 5.70 Å². The zero-order valence-electron chi connectivity index (χ0n) is 6.37. The third-order valence-corrected chi connectivity index (χ3v) is 2.16. The van der Waals surface area contributed by atoms with Crippen molar-refractivity contribution in [1.29, 1.82) is 0 Å². The van der Waals surface area contributed by atoms with Crippen LogP contribution in [-0.2, 0) is 0 Å². The quantitative estimate of drug-likeness (QED) is 0.453. The lowest BCUT2D eigenvalue weighted by Crippen LogP contribution is -2.42. The van der Waals surface area contributed by atoms with Crippen molar-refractivity contribution in [3.63, 3.8) is 0 Å². The van der Waals surface area contributed by atoms with Crippen molar-refractivity contribution in [3.8, 4) is 0 Å². The smallest absolute Gasteiger partial charge is 0.0854 e. The molecule has 0 spiro atoms. The van der Waals surface area contributed by atoms with Gasteiger partial charge in [-0.1, -0.05) is 0 Å². The van der Waals surface area contributed by atoms with Gasteiger partial charge in [-0.2, -0.15) is 0 Å². The Morgan fingerprint density at radius 2 is 2.45 bits per heavy atom. The molecule has 4 N–H and O–H groups in total. The number of nitrogens with zero attached hydrogens (tertiary/aromatic N) is 1. The van der Waals surface area contributed by atoms with E-state index >= 15 is 0 Å². The Morgan fingerprint density at radius 1 is 1.73 bits per heavy atom. The number of hydrogen-bond acceptors (Lipinski definition) is 4. The van der Waals surface area contributed by atoms with Gasteiger partial charge in [0, 0.05) is 31.4 Å². The lowest BCUT2D eigenvalue weighted by Gasteiger charge is -2.16. The molecule has 2 unspecified atom stereocenters. The highest BCUT2D eigenvalue weighted by atomic mass is 35.5. The second kappa shape index (κ2) is 2.89. The summed E-state index contributed by atoms with van der Waals surface area (Å²) in [5.41, 5.74) is 10.2. The molecule has 2 aliphatic rings. The van der Waals surface area contributed by atoms with Gasteiger partial charge >= 0.3 is 0 Å². The SMILES string of the molecule is CN1NC2=CNCC2C1N.Cl. The van der Waals surface area contributed by atoms with Gasteiger partial charge < -0.3 is 16.5 Å². The Kier molecular flexibility index (Phi) is 2.27. The first-order chi connectivity index (χ1) is 4.79. The molecule has 0 aromatic heterocycles. The summed E-state index contributed by atoms with van der Waals surface area (Å²) >= 11 is 0. The van der Waals surface area contributed by atoms with E-state index in [9.17, 15) is 0 Å². The molecule has 0 radical (unpaired) electrons. The Bertz CT molecular complexity index is 181. The van der Waals surface area contributed by atoms with E-state index in [-0.39, 0.29) is 18.6 Å². The van der Waals surface area contributed by atoms with Gasteiger partial charge in [0.2, 0.25) is 0 Å². The zero-order valence-corrected chi connectivity index (χ0v) is 7.19. The highest BCUT2D eigenvalue weighted by molar-refractivity contribution is 5.85. The molecule has 2 aliphatic heterocycles. The van der Waals surface area contributed by atoms with Gasteiger partial charge in [0.15, 0.2) is 0 Å². The lowest BCUT2D eigenvalue weighted by atomic mass is 10.1. The fourth-order valence-electron chi connectivity index (χ4n) is 1.48. The maximum absolute atomic E-state index is 5.85. The van der Waals surface area contributed by atoms with Gasteiger partial charge in [-0.25, -0.2) is 5.01 Å². The first kappa shape index (κ1) is 8.64. The first-order valence-corrected chi connectivity index (χ1v) is 3.47. The van der Waals surface area contributed by atoms with Gasteiger partial charge in [0.05, 0.1) is 6.17 Å². The van der Waals surface area contributed by atoms with Gasteiger partial charge in [-0.05, 0) is 0 Å². The number of hydrogen-bond donors (Lipinski definition) is 3. The van der Waals surface area contributed by atoms with Crippen LogP contribution in [0.4, 0.5) is 0 Å². The van der Waals surface area contributed by atoms with Crippen molar-refractivity contribution < 1.29 is 0 Å². The first-order valence-electron chi connectivity index (χ1n) is 3.47. The minimum atomic E-state index is 0. The summed E-state index contributed by atoms with van der Waals surface area (Å²) in [7, 11) is 1.96. The molecule has 0 bridgehead atoms. The molecule has 2 atom stereocenters. The van der Waals surface area contributed by atoms with Crippen molar-refractivity contribution in [1.82, 2.24) is 15.8 Å². The predicted molar refractivity (Wildman–Crippen MR) is 45.7 cm³/mol. The summed E-state index contributed by atoms with van der Waals surface area (Å²) in [5, 5.41) is 5.09. The summed E-state index contributed by atoms with van der Waals surface area (Å²) in [5.74, 6) is 0.463. The molecule has 0 aliphatic carbocycles. The number of rotatable bonds is 0. The average molecular weight is 177 g/mol. The number of nitrogens with one attached hydrogen (secondary N) is 2. The van der Waals surface area contributed by atoms with Crippen LogP contribution >= 0.6 is 12.4 Å². The van der Waals surface area contributed by atoms with Crippen molar-refractivity contribution in [3.05, 3.63) is 11.9 Å². The van der Waals surface area contributed by atoms with Crippen molar-refractivity contribution in [2.24, 2.45) is 11.7 Å². The van der Waals surface area contributed by atoms with Crippen LogP contribution in [0.15, 0.2) is 11.9 Å². The predicted octanol–water partition coefficient (Wildman–Crippen LogP) is -0.796. The molecule has 0 amide bonds. The molecule has 1 saturated heterocycles. The summed E-state index contributed by atoms with van der Waals surface area (Å²) in [6, 6.07) is 0. The molecule has 0 aromatic carbocycles. The highest BCUT2D eigenvalue weighted by Gasteiger charge is 2.35. The Balaban J connectivity index is 0.000000605. The molecule has 5 heteroatoms. The standard InChI is InChI=1S/C6H12N4.ClH/c1-10-6(7)4-2-8-3-5(4)9-10;/h3-4,6,8-9H,2,7H2,1H3;1H. The van der Waals surface area contributed by atoms with E-state index in [0.29, 0.717) is 5.92 Å². The van der Waals surface area contributed by atoms with E-state index in [1.807, 2.05) is 18.3 Å². The molecule has 0 aromatic rings. The summed E-state index contributed by atoms with van der Waals surface area (Å²) in [6.07, 6.45) is 2.12. The fraction of sp³-hybridized carbons (Fsp3) is 0.667. The Labute approximate surface area is 72.2 Å². The number of fused-ring (bicyclic) bond motifs is 1. The Hall–Kier alpha value is -0.450. The van der Waals surface area contributed by atoms with Crippen LogP contribution in [0.25, 0.3) is 0 Å². The maximum Gasteiger partial charge on any atom is 0.0854 e. The van der Waals surface area contributed by atoms with Crippen LogP contribution in [0.3, 0.4) is 0 Å². The topological polar surface area (TPSA) is 53.3 Å². The van der Waals surface area contributed by atoms with Gasteiger partial charge in [-0.3, -0.25) is 0 Å². The van der Waals surface area contributed by atoms with Crippen LogP contribution in [0.5, 0.6) is 0 Å². The zero-order chi connectivity index (χ0) is 7.14. The largest absolute Gasteiger partial charge is 0.389 e. The molecule has 11 heavy (non-hydrogen) atoms. The van der Waals surface area contributed by atoms with Crippen molar-refractivity contribution >= 4 is 12.4 Å². The van der Waals surface area contributed by atoms with E-state index < -0.39 is 0 Å². The van der Waals surface area contributed by atoms with E-state index in [4.69, 9.17) is 5.73 Å². The second-order valence-electron chi connectivity index (χ2n) is 2.83. The lowest BCUT2D eigenvalue weighted by molar-refractivity contribution is 0.223. The molecule has 64 valence electrons. The maximum atomic E-state index is 5.85. The van der Waals surface area contributed by atoms with E-state index in [0.717, 1.165) is 6.54 Å². The minimum absolute atomic E-state index is 0. The van der Waals surface area contributed by atoms with Crippen molar-refractivity contribution in [2.45, 2.75) is 6.17 Å². The van der Waals surface area contributed by atoms with Crippen LogP contribution in [0.1, 0.15) is 0 Å². The van der Waals surface area contributed by atoms with Crippen LogP contribution in [0.2, 0.25) is 0 Å². The second-order valence-corrected chi connectivity index (χ2v) is 2.83. The molecule has 2 rings (SSSR count). The highest BCUT2D eigenvalue weighted by Crippen LogP contribution is 2.22. The van der Waals surface area contributed by atoms with E-state index in [1.54, 1.807) is 0 Å². The molecular weight excluding hydrogens is 164 g/mol. The number of nitrogens with two attached hydrogens (primary N) is 1. The summed E-state index contributed by atoms with van der Waals surface area (Å²) in [6.45, 7) is 0.966. The molecular formula is C6H13ClN4. The molecule has 4 nitrogen and oxygen atoms in total. The molecule has 2 heterocycles. The Morgan fingerprint density at radius 3 is 3.09 bits per heavy atom. The third kappa shape index (κ3) is 1.17.